The monoisotopic (exact) mass is 142 g/mol. The summed E-state index contributed by atoms with van der Waals surface area (Å²) in [4.78, 5) is 16.2. The number of aromatic amines is 1. The van der Waals surface area contributed by atoms with E-state index in [9.17, 15) is 4.79 Å². The lowest BCUT2D eigenvalue weighted by Gasteiger charge is -1.90. The number of nitrogens with zero attached hydrogens (tertiary/aromatic N) is 1. The van der Waals surface area contributed by atoms with Gasteiger partial charge in [-0.1, -0.05) is 0 Å². The van der Waals surface area contributed by atoms with Crippen LogP contribution in [0, 0.1) is 6.92 Å². The molecule has 0 radical (unpaired) electrons. The maximum Gasteiger partial charge on any atom is 0.512 e. The predicted octanol–water partition coefficient (Wildman–Crippen LogP) is 0.775. The zero-order chi connectivity index (χ0) is 7.56. The second-order valence-electron chi connectivity index (χ2n) is 1.70. The molecule has 0 saturated heterocycles. The lowest BCUT2D eigenvalue weighted by Crippen LogP contribution is -2.02. The zero-order valence-electron chi connectivity index (χ0n) is 5.29. The SMILES string of the molecule is Cc1ncc(OC(=O)O)[nH]1. The first kappa shape index (κ1) is 6.60. The molecule has 10 heavy (non-hydrogen) atoms. The average Bonchev–Trinajstić information content (AvgIpc) is 2.13. The molecule has 0 saturated carbocycles. The van der Waals surface area contributed by atoms with Crippen molar-refractivity contribution in [3.63, 3.8) is 0 Å². The number of imidazole rings is 1. The van der Waals surface area contributed by atoms with Gasteiger partial charge in [-0.3, -0.25) is 0 Å². The minimum atomic E-state index is -1.34. The van der Waals surface area contributed by atoms with Crippen LogP contribution in [0.25, 0.3) is 0 Å². The lowest BCUT2D eigenvalue weighted by molar-refractivity contribution is 0.142. The number of hydrogen-bond donors (Lipinski definition) is 2. The van der Waals surface area contributed by atoms with E-state index < -0.39 is 6.16 Å². The first-order valence-corrected chi connectivity index (χ1v) is 2.61. The summed E-state index contributed by atoms with van der Waals surface area (Å²) in [7, 11) is 0. The number of rotatable bonds is 1. The molecule has 1 aromatic rings. The number of hydrogen-bond acceptors (Lipinski definition) is 3. The number of ether oxygens (including phenoxy) is 1. The van der Waals surface area contributed by atoms with Gasteiger partial charge in [-0.2, -0.15) is 0 Å². The standard InChI is InChI=1S/C5H6N2O3/c1-3-6-2-4(7-3)10-5(8)9/h2H,1H3,(H,6,7)(H,8,9). The molecule has 54 valence electrons. The minimum Gasteiger partial charge on any atom is -0.449 e. The second kappa shape index (κ2) is 2.38. The van der Waals surface area contributed by atoms with Crippen LogP contribution < -0.4 is 4.74 Å². The van der Waals surface area contributed by atoms with E-state index in [1.807, 2.05) is 0 Å². The third-order valence-electron chi connectivity index (χ3n) is 0.877. The minimum absolute atomic E-state index is 0.144. The highest BCUT2D eigenvalue weighted by molar-refractivity contribution is 5.60. The Balaban J connectivity index is 2.67. The van der Waals surface area contributed by atoms with E-state index in [1.165, 1.54) is 6.20 Å². The molecule has 5 nitrogen and oxygen atoms in total. The van der Waals surface area contributed by atoms with Gasteiger partial charge in [0.25, 0.3) is 0 Å². The highest BCUT2D eigenvalue weighted by atomic mass is 16.7. The van der Waals surface area contributed by atoms with E-state index in [0.29, 0.717) is 5.82 Å². The maximum atomic E-state index is 9.91. The molecule has 0 aliphatic heterocycles. The smallest absolute Gasteiger partial charge is 0.449 e. The molecule has 0 aliphatic rings. The van der Waals surface area contributed by atoms with Crippen LogP contribution in [-0.4, -0.2) is 21.2 Å². The fourth-order valence-electron chi connectivity index (χ4n) is 0.544. The van der Waals surface area contributed by atoms with E-state index in [0.717, 1.165) is 0 Å². The highest BCUT2D eigenvalue weighted by Gasteiger charge is 2.01. The van der Waals surface area contributed by atoms with E-state index in [4.69, 9.17) is 5.11 Å². The van der Waals surface area contributed by atoms with Crippen molar-refractivity contribution in [1.82, 2.24) is 9.97 Å². The molecular formula is C5H6N2O3. The molecule has 0 spiro atoms. The molecule has 0 bridgehead atoms. The largest absolute Gasteiger partial charge is 0.512 e. The predicted molar refractivity (Wildman–Crippen MR) is 32.0 cm³/mol. The van der Waals surface area contributed by atoms with Gasteiger partial charge in [-0.15, -0.1) is 0 Å². The molecule has 0 atom stereocenters. The fraction of sp³-hybridized carbons (Fsp3) is 0.200. The Morgan fingerprint density at radius 3 is 3.00 bits per heavy atom. The number of aryl methyl sites for hydroxylation is 1. The fourth-order valence-corrected chi connectivity index (χ4v) is 0.544. The van der Waals surface area contributed by atoms with Crippen molar-refractivity contribution < 1.29 is 14.6 Å². The molecule has 2 N–H and O–H groups in total. The van der Waals surface area contributed by atoms with Crippen LogP contribution in [0.1, 0.15) is 5.82 Å². The highest BCUT2D eigenvalue weighted by Crippen LogP contribution is 2.04. The maximum absolute atomic E-state index is 9.91. The molecular weight excluding hydrogens is 136 g/mol. The van der Waals surface area contributed by atoms with E-state index in [2.05, 4.69) is 14.7 Å². The Labute approximate surface area is 56.7 Å². The van der Waals surface area contributed by atoms with Crippen LogP contribution >= 0.6 is 0 Å². The first-order valence-electron chi connectivity index (χ1n) is 2.61. The number of nitrogens with one attached hydrogen (secondary N) is 1. The van der Waals surface area contributed by atoms with Gasteiger partial charge in [-0.25, -0.2) is 9.78 Å². The number of carboxylic acid groups (broad SMARTS) is 1. The summed E-state index contributed by atoms with van der Waals surface area (Å²) in [6, 6.07) is 0. The van der Waals surface area contributed by atoms with Crippen LogP contribution in [0.2, 0.25) is 0 Å². The molecule has 1 aromatic heterocycles. The van der Waals surface area contributed by atoms with Crippen LogP contribution in [0.4, 0.5) is 4.79 Å². The van der Waals surface area contributed by atoms with Crippen molar-refractivity contribution in [2.75, 3.05) is 0 Å². The zero-order valence-corrected chi connectivity index (χ0v) is 5.29. The van der Waals surface area contributed by atoms with Crippen molar-refractivity contribution in [3.05, 3.63) is 12.0 Å². The van der Waals surface area contributed by atoms with Crippen molar-refractivity contribution >= 4 is 6.16 Å². The van der Waals surface area contributed by atoms with Gasteiger partial charge in [0.1, 0.15) is 5.82 Å². The Morgan fingerprint density at radius 2 is 2.60 bits per heavy atom. The molecule has 0 aromatic carbocycles. The van der Waals surface area contributed by atoms with Crippen LogP contribution in [0.3, 0.4) is 0 Å². The van der Waals surface area contributed by atoms with Crippen molar-refractivity contribution in [2.45, 2.75) is 6.92 Å². The molecule has 5 heteroatoms. The lowest BCUT2D eigenvalue weighted by atomic mass is 10.8. The van der Waals surface area contributed by atoms with Crippen molar-refractivity contribution in [2.24, 2.45) is 0 Å². The van der Waals surface area contributed by atoms with E-state index >= 15 is 0 Å². The molecule has 1 rings (SSSR count). The Hall–Kier alpha value is -1.52. The van der Waals surface area contributed by atoms with Crippen LogP contribution in [0.15, 0.2) is 6.20 Å². The number of H-pyrrole nitrogens is 1. The Bertz CT molecular complexity index is 243. The van der Waals surface area contributed by atoms with Gasteiger partial charge in [0.15, 0.2) is 0 Å². The molecule has 0 unspecified atom stereocenters. The van der Waals surface area contributed by atoms with Gasteiger partial charge >= 0.3 is 6.16 Å². The summed E-state index contributed by atoms with van der Waals surface area (Å²) >= 11 is 0. The van der Waals surface area contributed by atoms with Crippen LogP contribution in [-0.2, 0) is 0 Å². The summed E-state index contributed by atoms with van der Waals surface area (Å²) in [5.41, 5.74) is 0. The van der Waals surface area contributed by atoms with Gasteiger partial charge in [0.2, 0.25) is 5.88 Å². The van der Waals surface area contributed by atoms with Gasteiger partial charge in [-0.05, 0) is 6.92 Å². The van der Waals surface area contributed by atoms with Crippen molar-refractivity contribution in [1.29, 1.82) is 0 Å². The topological polar surface area (TPSA) is 75.2 Å². The summed E-state index contributed by atoms with van der Waals surface area (Å²) in [5, 5.41) is 8.11. The number of aromatic nitrogens is 2. The summed E-state index contributed by atoms with van der Waals surface area (Å²) < 4.78 is 4.23. The first-order chi connectivity index (χ1) is 4.68. The quantitative estimate of drug-likeness (QED) is 0.568. The molecule has 1 heterocycles. The van der Waals surface area contributed by atoms with Gasteiger partial charge in [0, 0.05) is 0 Å². The number of carbonyl (C=O) groups is 1. The van der Waals surface area contributed by atoms with Gasteiger partial charge < -0.3 is 14.8 Å². The Kier molecular flexibility index (Phi) is 1.57. The van der Waals surface area contributed by atoms with Gasteiger partial charge in [0.05, 0.1) is 6.20 Å². The summed E-state index contributed by atoms with van der Waals surface area (Å²) in [6.07, 6.45) is -0.0349. The molecule has 0 amide bonds. The van der Waals surface area contributed by atoms with Crippen LogP contribution in [0.5, 0.6) is 5.88 Å². The second-order valence-corrected chi connectivity index (χ2v) is 1.70. The molecule has 0 fully saturated rings. The van der Waals surface area contributed by atoms with Crippen molar-refractivity contribution in [3.8, 4) is 5.88 Å². The average molecular weight is 142 g/mol. The molecule has 0 aliphatic carbocycles. The summed E-state index contributed by atoms with van der Waals surface area (Å²) in [6.45, 7) is 1.70. The normalized spacial score (nSPS) is 9.30. The van der Waals surface area contributed by atoms with E-state index in [-0.39, 0.29) is 5.88 Å². The van der Waals surface area contributed by atoms with E-state index in [1.54, 1.807) is 6.92 Å². The third kappa shape index (κ3) is 1.48. The summed E-state index contributed by atoms with van der Waals surface area (Å²) in [5.74, 6) is 0.765. The Morgan fingerprint density at radius 1 is 1.90 bits per heavy atom. The third-order valence-corrected chi connectivity index (χ3v) is 0.877.